The Bertz CT molecular complexity index is 1120. The molecule has 0 aliphatic carbocycles. The second-order valence-corrected chi connectivity index (χ2v) is 8.93. The zero-order valence-electron chi connectivity index (χ0n) is 18.7. The van der Waals surface area contributed by atoms with Crippen LogP contribution in [0, 0.1) is 6.92 Å². The van der Waals surface area contributed by atoms with Gasteiger partial charge in [0.25, 0.3) is 5.91 Å². The lowest BCUT2D eigenvalue weighted by molar-refractivity contribution is 0.0745. The van der Waals surface area contributed by atoms with Gasteiger partial charge in [-0.3, -0.25) is 4.79 Å². The molecular formula is C24H27ClN6O2. The van der Waals surface area contributed by atoms with Gasteiger partial charge in [0, 0.05) is 44.8 Å². The summed E-state index contributed by atoms with van der Waals surface area (Å²) >= 11 is 6.35. The van der Waals surface area contributed by atoms with Crippen molar-refractivity contribution in [2.24, 2.45) is 0 Å². The summed E-state index contributed by atoms with van der Waals surface area (Å²) in [6.45, 7) is 6.41. The molecule has 2 aliphatic rings. The van der Waals surface area contributed by atoms with E-state index in [1.807, 2.05) is 29.2 Å². The normalized spacial score (nSPS) is 16.8. The number of benzene rings is 1. The monoisotopic (exact) mass is 466 g/mol. The molecule has 2 fully saturated rings. The highest BCUT2D eigenvalue weighted by atomic mass is 35.5. The van der Waals surface area contributed by atoms with Crippen LogP contribution < -0.4 is 9.80 Å². The number of hydrogen-bond donors (Lipinski definition) is 0. The zero-order valence-corrected chi connectivity index (χ0v) is 19.5. The van der Waals surface area contributed by atoms with Crippen LogP contribution in [0.15, 0.2) is 40.9 Å². The minimum Gasteiger partial charge on any atom is -0.360 e. The lowest BCUT2D eigenvalue weighted by Gasteiger charge is -2.35. The van der Waals surface area contributed by atoms with Crippen molar-refractivity contribution in [1.29, 1.82) is 0 Å². The molecule has 0 atom stereocenters. The number of aromatic nitrogens is 3. The van der Waals surface area contributed by atoms with Crippen molar-refractivity contribution in [3.05, 3.63) is 52.7 Å². The average molecular weight is 467 g/mol. The van der Waals surface area contributed by atoms with E-state index >= 15 is 0 Å². The van der Waals surface area contributed by atoms with Crippen LogP contribution in [-0.2, 0) is 0 Å². The van der Waals surface area contributed by atoms with Crippen molar-refractivity contribution >= 4 is 29.1 Å². The van der Waals surface area contributed by atoms with Crippen LogP contribution in [0.3, 0.4) is 0 Å². The molecule has 0 unspecified atom stereocenters. The maximum Gasteiger partial charge on any atom is 0.259 e. The van der Waals surface area contributed by atoms with E-state index in [0.717, 1.165) is 24.7 Å². The van der Waals surface area contributed by atoms with E-state index in [1.54, 1.807) is 13.0 Å². The minimum absolute atomic E-state index is 0.0881. The van der Waals surface area contributed by atoms with Gasteiger partial charge in [-0.15, -0.1) is 10.2 Å². The lowest BCUT2D eigenvalue weighted by Crippen LogP contribution is -2.49. The summed E-state index contributed by atoms with van der Waals surface area (Å²) in [5.74, 6) is 2.20. The molecule has 2 saturated heterocycles. The van der Waals surface area contributed by atoms with E-state index in [2.05, 4.69) is 31.2 Å². The number of carbonyl (C=O) groups excluding carboxylic acids is 1. The van der Waals surface area contributed by atoms with Gasteiger partial charge in [0.2, 0.25) is 0 Å². The number of nitrogens with zero attached hydrogens (tertiary/aromatic N) is 6. The summed E-state index contributed by atoms with van der Waals surface area (Å²) in [6, 6.07) is 11.4. The third-order valence-corrected chi connectivity index (χ3v) is 6.74. The molecule has 0 N–H and O–H groups in total. The molecule has 0 radical (unpaired) electrons. The van der Waals surface area contributed by atoms with Crippen molar-refractivity contribution in [1.82, 2.24) is 20.3 Å². The molecule has 5 rings (SSSR count). The van der Waals surface area contributed by atoms with Crippen LogP contribution in [0.1, 0.15) is 35.4 Å². The number of aryl methyl sites for hydroxylation is 1. The molecule has 0 bridgehead atoms. The Balaban J connectivity index is 1.26. The summed E-state index contributed by atoms with van der Waals surface area (Å²) in [6.07, 6.45) is 3.71. The van der Waals surface area contributed by atoms with Gasteiger partial charge < -0.3 is 19.2 Å². The van der Waals surface area contributed by atoms with Crippen molar-refractivity contribution < 1.29 is 9.32 Å². The highest BCUT2D eigenvalue weighted by molar-refractivity contribution is 6.33. The fourth-order valence-corrected chi connectivity index (χ4v) is 4.76. The number of halogens is 1. The predicted octanol–water partition coefficient (Wildman–Crippen LogP) is 4.05. The minimum atomic E-state index is -0.0881. The third-order valence-electron chi connectivity index (χ3n) is 6.41. The third kappa shape index (κ3) is 4.39. The van der Waals surface area contributed by atoms with E-state index in [1.165, 1.54) is 19.3 Å². The molecule has 4 heterocycles. The van der Waals surface area contributed by atoms with Gasteiger partial charge in [-0.25, -0.2) is 0 Å². The Labute approximate surface area is 198 Å². The second kappa shape index (κ2) is 9.39. The number of carbonyl (C=O) groups is 1. The number of piperidine rings is 1. The van der Waals surface area contributed by atoms with Gasteiger partial charge in [-0.05, 0) is 44.4 Å². The van der Waals surface area contributed by atoms with Gasteiger partial charge in [0.05, 0.1) is 5.02 Å². The number of piperazine rings is 1. The quantitative estimate of drug-likeness (QED) is 0.574. The molecule has 1 amide bonds. The van der Waals surface area contributed by atoms with E-state index in [9.17, 15) is 4.79 Å². The summed E-state index contributed by atoms with van der Waals surface area (Å²) < 4.78 is 5.38. The Kier molecular flexibility index (Phi) is 6.17. The van der Waals surface area contributed by atoms with Crippen molar-refractivity contribution in [3.63, 3.8) is 0 Å². The topological polar surface area (TPSA) is 78.6 Å². The molecule has 8 nitrogen and oxygen atoms in total. The van der Waals surface area contributed by atoms with Crippen LogP contribution in [-0.4, -0.2) is 65.4 Å². The molecule has 0 saturated carbocycles. The highest BCUT2D eigenvalue weighted by Gasteiger charge is 2.29. The molecule has 172 valence electrons. The maximum absolute atomic E-state index is 13.4. The number of anilines is 2. The van der Waals surface area contributed by atoms with Gasteiger partial charge in [-0.2, -0.15) is 0 Å². The predicted molar refractivity (Wildman–Crippen MR) is 128 cm³/mol. The first-order valence-corrected chi connectivity index (χ1v) is 11.8. The summed E-state index contributed by atoms with van der Waals surface area (Å²) in [7, 11) is 0. The Morgan fingerprint density at radius 3 is 2.15 bits per heavy atom. The van der Waals surface area contributed by atoms with E-state index in [0.29, 0.717) is 53.8 Å². The Morgan fingerprint density at radius 1 is 0.879 bits per heavy atom. The van der Waals surface area contributed by atoms with Gasteiger partial charge in [0.15, 0.2) is 11.6 Å². The molecule has 3 aromatic rings. The van der Waals surface area contributed by atoms with Crippen molar-refractivity contribution in [2.75, 3.05) is 49.1 Å². The summed E-state index contributed by atoms with van der Waals surface area (Å²) in [4.78, 5) is 19.7. The lowest BCUT2D eigenvalue weighted by atomic mass is 10.0. The first kappa shape index (κ1) is 21.7. The number of rotatable bonds is 4. The van der Waals surface area contributed by atoms with E-state index in [-0.39, 0.29) is 5.91 Å². The van der Waals surface area contributed by atoms with Gasteiger partial charge >= 0.3 is 0 Å². The van der Waals surface area contributed by atoms with Crippen LogP contribution in [0.25, 0.3) is 11.3 Å². The second-order valence-electron chi connectivity index (χ2n) is 8.52. The fourth-order valence-electron chi connectivity index (χ4n) is 4.54. The first-order chi connectivity index (χ1) is 16.1. The molecule has 0 spiro atoms. The molecule has 1 aromatic carbocycles. The Hall–Kier alpha value is -3.13. The van der Waals surface area contributed by atoms with Gasteiger partial charge in [0.1, 0.15) is 17.0 Å². The van der Waals surface area contributed by atoms with Crippen molar-refractivity contribution in [2.45, 2.75) is 26.2 Å². The smallest absolute Gasteiger partial charge is 0.259 e. The van der Waals surface area contributed by atoms with Crippen LogP contribution in [0.2, 0.25) is 5.02 Å². The van der Waals surface area contributed by atoms with Crippen LogP contribution >= 0.6 is 11.6 Å². The number of hydrogen-bond acceptors (Lipinski definition) is 7. The summed E-state index contributed by atoms with van der Waals surface area (Å²) in [5.41, 5.74) is 1.66. The van der Waals surface area contributed by atoms with Gasteiger partial charge in [-0.1, -0.05) is 35.0 Å². The Morgan fingerprint density at radius 2 is 1.52 bits per heavy atom. The standard InChI is InChI=1S/C24H27ClN6O2/c1-17-22(23(28-33-17)18-7-3-4-8-19(18)25)24(32)31-15-13-30(14-16-31)21-10-9-20(26-27-21)29-11-5-2-6-12-29/h3-4,7-10H,2,5-6,11-16H2,1H3. The zero-order chi connectivity index (χ0) is 22.8. The highest BCUT2D eigenvalue weighted by Crippen LogP contribution is 2.32. The number of amides is 1. The van der Waals surface area contributed by atoms with Crippen LogP contribution in [0.5, 0.6) is 0 Å². The SMILES string of the molecule is Cc1onc(-c2ccccc2Cl)c1C(=O)N1CCN(c2ccc(N3CCCCC3)nn2)CC1. The fraction of sp³-hybridized carbons (Fsp3) is 0.417. The molecule has 2 aliphatic heterocycles. The first-order valence-electron chi connectivity index (χ1n) is 11.5. The molecule has 9 heteroatoms. The van der Waals surface area contributed by atoms with Crippen LogP contribution in [0.4, 0.5) is 11.6 Å². The molecular weight excluding hydrogens is 440 g/mol. The molecule has 2 aromatic heterocycles. The summed E-state index contributed by atoms with van der Waals surface area (Å²) in [5, 5.41) is 13.6. The maximum atomic E-state index is 13.4. The largest absolute Gasteiger partial charge is 0.360 e. The van der Waals surface area contributed by atoms with E-state index < -0.39 is 0 Å². The van der Waals surface area contributed by atoms with Crippen molar-refractivity contribution in [3.8, 4) is 11.3 Å². The molecule has 33 heavy (non-hydrogen) atoms. The van der Waals surface area contributed by atoms with E-state index in [4.69, 9.17) is 16.1 Å². The average Bonchev–Trinajstić information content (AvgIpc) is 3.25.